The first-order chi connectivity index (χ1) is 19.1. The zero-order valence-electron chi connectivity index (χ0n) is 22.3. The van der Waals surface area contributed by atoms with Crippen molar-refractivity contribution in [2.45, 2.75) is 55.4 Å². The molecule has 0 aliphatic heterocycles. The van der Waals surface area contributed by atoms with Crippen LogP contribution in [-0.2, 0) is 30.1 Å². The summed E-state index contributed by atoms with van der Waals surface area (Å²) < 4.78 is 58.7. The number of aryl methyl sites for hydroxylation is 1. The molecule has 11 heteroatoms. The normalized spacial score (nSPS) is 17.9. The molecule has 0 radical (unpaired) electrons. The Balaban J connectivity index is 1.34. The number of hydrogen-bond donors (Lipinski definition) is 0. The van der Waals surface area contributed by atoms with Crippen molar-refractivity contribution >= 4 is 36.9 Å². The number of pyridine rings is 1. The van der Waals surface area contributed by atoms with E-state index in [1.165, 1.54) is 24.5 Å². The fourth-order valence-corrected chi connectivity index (χ4v) is 7.85. The van der Waals surface area contributed by atoms with Crippen molar-refractivity contribution in [3.8, 4) is 6.07 Å². The molecule has 5 rings (SSSR count). The molecule has 0 bridgehead atoms. The summed E-state index contributed by atoms with van der Waals surface area (Å²) in [5.41, 5.74) is 2.93. The molecule has 0 N–H and O–H groups in total. The molecule has 1 aliphatic rings. The van der Waals surface area contributed by atoms with Crippen molar-refractivity contribution in [3.63, 3.8) is 0 Å². The van der Waals surface area contributed by atoms with E-state index in [-0.39, 0.29) is 22.3 Å². The third-order valence-electron chi connectivity index (χ3n) is 7.36. The van der Waals surface area contributed by atoms with Crippen molar-refractivity contribution in [2.24, 2.45) is 0 Å². The molecule has 1 fully saturated rings. The summed E-state index contributed by atoms with van der Waals surface area (Å²) in [6.45, 7) is 1.95. The molecular weight excluding hydrogens is 548 g/mol. The van der Waals surface area contributed by atoms with E-state index in [1.807, 2.05) is 31.0 Å². The van der Waals surface area contributed by atoms with Gasteiger partial charge in [0.25, 0.3) is 20.1 Å². The van der Waals surface area contributed by atoms with Gasteiger partial charge in [0, 0.05) is 30.9 Å². The van der Waals surface area contributed by atoms with Gasteiger partial charge in [0.2, 0.25) is 0 Å². The van der Waals surface area contributed by atoms with Crippen LogP contribution in [0.15, 0.2) is 78.0 Å². The zero-order valence-corrected chi connectivity index (χ0v) is 23.9. The largest absolute Gasteiger partial charge is 0.370 e. The molecule has 40 heavy (non-hydrogen) atoms. The topological polar surface area (TPSA) is 122 Å². The summed E-state index contributed by atoms with van der Waals surface area (Å²) in [5.74, 6) is -0.170. The predicted molar refractivity (Wildman–Crippen MR) is 153 cm³/mol. The molecule has 2 aromatic carbocycles. The Morgan fingerprint density at radius 3 is 2.33 bits per heavy atom. The van der Waals surface area contributed by atoms with Crippen LogP contribution in [-0.4, -0.2) is 45.0 Å². The van der Waals surface area contributed by atoms with Crippen LogP contribution in [0.5, 0.6) is 0 Å². The van der Waals surface area contributed by atoms with Gasteiger partial charge in [0.1, 0.15) is 11.8 Å². The molecule has 0 amide bonds. The van der Waals surface area contributed by atoms with E-state index in [0.717, 1.165) is 9.54 Å². The van der Waals surface area contributed by atoms with Crippen LogP contribution in [0.4, 0.5) is 5.69 Å². The molecule has 4 aromatic rings. The third-order valence-corrected chi connectivity index (χ3v) is 10.3. The second-order valence-electron chi connectivity index (χ2n) is 10.1. The van der Waals surface area contributed by atoms with Crippen LogP contribution < -0.4 is 4.90 Å². The second-order valence-corrected chi connectivity index (χ2v) is 13.5. The van der Waals surface area contributed by atoms with Crippen molar-refractivity contribution < 1.29 is 21.0 Å². The summed E-state index contributed by atoms with van der Waals surface area (Å²) in [5, 5.41) is 10.4. The van der Waals surface area contributed by atoms with Crippen LogP contribution in [0.25, 0.3) is 11.0 Å². The van der Waals surface area contributed by atoms with E-state index in [1.54, 1.807) is 36.4 Å². The van der Waals surface area contributed by atoms with E-state index < -0.39 is 26.2 Å². The average molecular weight is 579 g/mol. The molecule has 0 unspecified atom stereocenters. The summed E-state index contributed by atoms with van der Waals surface area (Å²) in [6, 6.07) is 19.3. The number of benzene rings is 2. The Morgan fingerprint density at radius 2 is 1.68 bits per heavy atom. The van der Waals surface area contributed by atoms with Crippen molar-refractivity contribution in [1.29, 1.82) is 5.26 Å². The average Bonchev–Trinajstić information content (AvgIpc) is 3.39. The molecule has 1 aliphatic carbocycles. The Labute approximate surface area is 234 Å². The smallest absolute Gasteiger partial charge is 0.271 e. The van der Waals surface area contributed by atoms with E-state index in [2.05, 4.69) is 11.1 Å². The summed E-state index contributed by atoms with van der Waals surface area (Å²) in [7, 11) is -5.74. The lowest BCUT2D eigenvalue weighted by Gasteiger charge is -2.36. The van der Waals surface area contributed by atoms with Gasteiger partial charge in [-0.3, -0.25) is 4.18 Å². The highest BCUT2D eigenvalue weighted by Crippen LogP contribution is 2.36. The molecule has 1 saturated carbocycles. The van der Waals surface area contributed by atoms with Crippen LogP contribution >= 0.6 is 0 Å². The summed E-state index contributed by atoms with van der Waals surface area (Å²) >= 11 is 0. The van der Waals surface area contributed by atoms with Crippen LogP contribution in [0.1, 0.15) is 42.4 Å². The van der Waals surface area contributed by atoms with Gasteiger partial charge >= 0.3 is 0 Å². The van der Waals surface area contributed by atoms with E-state index in [9.17, 15) is 22.1 Å². The highest BCUT2D eigenvalue weighted by molar-refractivity contribution is 7.90. The van der Waals surface area contributed by atoms with Crippen molar-refractivity contribution in [3.05, 3.63) is 89.7 Å². The van der Waals surface area contributed by atoms with Gasteiger partial charge in [-0.25, -0.2) is 17.4 Å². The van der Waals surface area contributed by atoms with Gasteiger partial charge in [-0.2, -0.15) is 13.7 Å². The Bertz CT molecular complexity index is 1770. The maximum absolute atomic E-state index is 13.3. The van der Waals surface area contributed by atoms with E-state index in [4.69, 9.17) is 4.18 Å². The number of nitriles is 1. The fourth-order valence-electron chi connectivity index (χ4n) is 5.25. The van der Waals surface area contributed by atoms with Crippen molar-refractivity contribution in [2.75, 3.05) is 11.9 Å². The minimum atomic E-state index is -3.88. The first-order valence-corrected chi connectivity index (χ1v) is 16.0. The van der Waals surface area contributed by atoms with Gasteiger partial charge < -0.3 is 4.90 Å². The minimum absolute atomic E-state index is 0.00596. The van der Waals surface area contributed by atoms with Gasteiger partial charge in [-0.05, 0) is 56.4 Å². The molecule has 0 spiro atoms. The quantitative estimate of drug-likeness (QED) is 0.275. The molecule has 2 heterocycles. The Morgan fingerprint density at radius 1 is 1.00 bits per heavy atom. The SMILES string of the molecule is Cc1ccc(CS(=O)(=O)OC2CCC(N(C)c3c(C#N)cnc4c3ccn4S(=O)(=O)c3ccccc3)CC2)cc1. The zero-order chi connectivity index (χ0) is 28.5. The highest BCUT2D eigenvalue weighted by Gasteiger charge is 2.31. The molecule has 0 atom stereocenters. The standard InChI is InChI=1S/C29H30N4O5S2/c1-21-8-10-22(11-9-21)20-39(34,35)38-25-14-12-24(13-15-25)32(2)28-23(18-30)19-31-29-27(28)16-17-33(29)40(36,37)26-6-4-3-5-7-26/h3-11,16-17,19,24-25H,12-15,20H2,1-2H3. The predicted octanol–water partition coefficient (Wildman–Crippen LogP) is 4.75. The van der Waals surface area contributed by atoms with Gasteiger partial charge in [-0.15, -0.1) is 0 Å². The molecule has 2 aromatic heterocycles. The number of aromatic nitrogens is 2. The van der Waals surface area contributed by atoms with E-state index in [0.29, 0.717) is 47.9 Å². The number of anilines is 1. The van der Waals surface area contributed by atoms with E-state index >= 15 is 0 Å². The van der Waals surface area contributed by atoms with Gasteiger partial charge in [0.15, 0.2) is 5.65 Å². The minimum Gasteiger partial charge on any atom is -0.370 e. The fraction of sp³-hybridized carbons (Fsp3) is 0.310. The molecule has 0 saturated heterocycles. The van der Waals surface area contributed by atoms with Crippen molar-refractivity contribution in [1.82, 2.24) is 8.96 Å². The lowest BCUT2D eigenvalue weighted by atomic mass is 9.91. The van der Waals surface area contributed by atoms with Crippen LogP contribution in [0.3, 0.4) is 0 Å². The number of rotatable bonds is 8. The highest BCUT2D eigenvalue weighted by atomic mass is 32.2. The monoisotopic (exact) mass is 578 g/mol. The van der Waals surface area contributed by atoms with Crippen LogP contribution in [0, 0.1) is 18.3 Å². The van der Waals surface area contributed by atoms with Crippen LogP contribution in [0.2, 0.25) is 0 Å². The third kappa shape index (κ3) is 5.61. The maximum Gasteiger partial charge on any atom is 0.271 e. The lowest BCUT2D eigenvalue weighted by Crippen LogP contribution is -2.38. The van der Waals surface area contributed by atoms with Gasteiger partial charge in [0.05, 0.1) is 22.3 Å². The molecule has 208 valence electrons. The Kier molecular flexibility index (Phi) is 7.68. The van der Waals surface area contributed by atoms with Gasteiger partial charge in [-0.1, -0.05) is 48.0 Å². The molecule has 9 nitrogen and oxygen atoms in total. The second kappa shape index (κ2) is 11.0. The lowest BCUT2D eigenvalue weighted by molar-refractivity contribution is 0.153. The maximum atomic E-state index is 13.3. The molecular formula is C29H30N4O5S2. The summed E-state index contributed by atoms with van der Waals surface area (Å²) in [6.07, 6.45) is 4.84. The Hall–Kier alpha value is -3.72. The number of nitrogens with zero attached hydrogens (tertiary/aromatic N) is 4. The first kappa shape index (κ1) is 27.8. The summed E-state index contributed by atoms with van der Waals surface area (Å²) in [4.78, 5) is 6.46. The number of fused-ring (bicyclic) bond motifs is 1. The first-order valence-electron chi connectivity index (χ1n) is 13.0. The number of hydrogen-bond acceptors (Lipinski definition) is 8.